The van der Waals surface area contributed by atoms with E-state index in [-0.39, 0.29) is 0 Å². The Hall–Kier alpha value is -2.51. The van der Waals surface area contributed by atoms with E-state index in [0.717, 1.165) is 44.1 Å². The second-order valence-electron chi connectivity index (χ2n) is 13.0. The molecule has 0 aliphatic carbocycles. The summed E-state index contributed by atoms with van der Waals surface area (Å²) in [5, 5.41) is 2.33. The van der Waals surface area contributed by atoms with Crippen molar-refractivity contribution >= 4 is 47.0 Å². The molecule has 0 bridgehead atoms. The Bertz CT molecular complexity index is 1430. The lowest BCUT2D eigenvalue weighted by Crippen LogP contribution is -2.41. The lowest BCUT2D eigenvalue weighted by molar-refractivity contribution is 0.00578. The minimum absolute atomic E-state index is 0.401. The molecule has 2 aliphatic rings. The van der Waals surface area contributed by atoms with E-state index in [0.29, 0.717) is 0 Å². The Balaban J connectivity index is 1.46. The first-order valence-corrected chi connectivity index (χ1v) is 13.6. The lowest BCUT2D eigenvalue weighted by atomic mass is 9.78. The number of hydrogen-bond donors (Lipinski definition) is 2. The fourth-order valence-electron chi connectivity index (χ4n) is 5.58. The molecule has 0 spiro atoms. The first-order chi connectivity index (χ1) is 17.6. The van der Waals surface area contributed by atoms with Crippen LogP contribution < -0.4 is 10.9 Å². The number of fused-ring (bicyclic) bond motifs is 2. The molecular weight excluding hydrogens is 474 g/mol. The van der Waals surface area contributed by atoms with E-state index in [2.05, 4.69) is 116 Å². The number of benzene rings is 2. The zero-order valence-electron chi connectivity index (χ0n) is 24.3. The fraction of sp³-hybridized carbons (Fsp3) is 0.467. The standard InChI is InChI=1S/C30H38B2N2O4/c1-17-19-13-11-15-21(31-35-27(3,4)28(5,6)36-31)25(19)33-23(17)24-18(2)20-14-12-16-22(26(20)34-24)32-37-29(7,8)30(9,10)38-32/h11-16,33-34H,1-10H3. The summed E-state index contributed by atoms with van der Waals surface area (Å²) in [5.41, 5.74) is 7.02. The third-order valence-electron chi connectivity index (χ3n) is 9.52. The van der Waals surface area contributed by atoms with Crippen LogP contribution in [0.3, 0.4) is 0 Å². The first-order valence-electron chi connectivity index (χ1n) is 13.6. The fourth-order valence-corrected chi connectivity index (χ4v) is 5.58. The van der Waals surface area contributed by atoms with Crippen LogP contribution in [0.5, 0.6) is 0 Å². The molecule has 2 fully saturated rings. The summed E-state index contributed by atoms with van der Waals surface area (Å²) in [6.45, 7) is 21.0. The van der Waals surface area contributed by atoms with E-state index < -0.39 is 36.6 Å². The predicted molar refractivity (Wildman–Crippen MR) is 156 cm³/mol. The van der Waals surface area contributed by atoms with Gasteiger partial charge in [-0.2, -0.15) is 0 Å². The third kappa shape index (κ3) is 3.57. The SMILES string of the molecule is Cc1c(-c2[nH]c3c(B4OC(C)(C)C(C)(C)O4)cccc3c2C)[nH]c2c(B3OC(C)(C)C(C)(C)O3)cccc12. The summed E-state index contributed by atoms with van der Waals surface area (Å²) < 4.78 is 25.7. The number of aromatic nitrogens is 2. The Morgan fingerprint density at radius 3 is 1.16 bits per heavy atom. The molecule has 4 heterocycles. The molecule has 38 heavy (non-hydrogen) atoms. The molecule has 8 heteroatoms. The van der Waals surface area contributed by atoms with E-state index in [1.807, 2.05) is 0 Å². The highest BCUT2D eigenvalue weighted by Gasteiger charge is 2.53. The zero-order chi connectivity index (χ0) is 27.4. The van der Waals surface area contributed by atoms with Gasteiger partial charge < -0.3 is 28.6 Å². The van der Waals surface area contributed by atoms with Crippen molar-refractivity contribution in [3.8, 4) is 11.4 Å². The van der Waals surface area contributed by atoms with Crippen LogP contribution in [-0.2, 0) is 18.6 Å². The van der Waals surface area contributed by atoms with Crippen molar-refractivity contribution in [1.82, 2.24) is 9.97 Å². The second kappa shape index (κ2) is 8.01. The molecular formula is C30H38B2N2O4. The summed E-state index contributed by atoms with van der Waals surface area (Å²) in [4.78, 5) is 7.49. The number of aryl methyl sites for hydroxylation is 2. The summed E-state index contributed by atoms with van der Waals surface area (Å²) in [6, 6.07) is 12.7. The van der Waals surface area contributed by atoms with Crippen LogP contribution in [0.4, 0.5) is 0 Å². The maximum absolute atomic E-state index is 6.41. The molecule has 2 N–H and O–H groups in total. The van der Waals surface area contributed by atoms with Crippen molar-refractivity contribution in [2.24, 2.45) is 0 Å². The Labute approximate surface area is 226 Å². The number of H-pyrrole nitrogens is 2. The quantitative estimate of drug-likeness (QED) is 0.355. The predicted octanol–water partition coefficient (Wildman–Crippen LogP) is 5.53. The Morgan fingerprint density at radius 2 is 0.842 bits per heavy atom. The summed E-state index contributed by atoms with van der Waals surface area (Å²) in [5.74, 6) is 0. The molecule has 198 valence electrons. The smallest absolute Gasteiger partial charge is 0.399 e. The Morgan fingerprint density at radius 1 is 0.526 bits per heavy atom. The zero-order valence-corrected chi connectivity index (χ0v) is 24.3. The number of aromatic amines is 2. The number of para-hydroxylation sites is 2. The van der Waals surface area contributed by atoms with Gasteiger partial charge in [-0.15, -0.1) is 0 Å². The van der Waals surface area contributed by atoms with Crippen molar-refractivity contribution in [2.75, 3.05) is 0 Å². The monoisotopic (exact) mass is 512 g/mol. The van der Waals surface area contributed by atoms with Crippen LogP contribution in [0.1, 0.15) is 66.5 Å². The molecule has 0 unspecified atom stereocenters. The number of hydrogen-bond acceptors (Lipinski definition) is 4. The van der Waals surface area contributed by atoms with Gasteiger partial charge in [0.2, 0.25) is 0 Å². The van der Waals surface area contributed by atoms with Gasteiger partial charge in [-0.25, -0.2) is 0 Å². The lowest BCUT2D eigenvalue weighted by Gasteiger charge is -2.32. The molecule has 4 aromatic rings. The van der Waals surface area contributed by atoms with Gasteiger partial charge in [0, 0.05) is 32.7 Å². The van der Waals surface area contributed by atoms with Crippen molar-refractivity contribution < 1.29 is 18.6 Å². The molecule has 0 saturated carbocycles. The molecule has 6 nitrogen and oxygen atoms in total. The van der Waals surface area contributed by atoms with E-state index >= 15 is 0 Å². The summed E-state index contributed by atoms with van der Waals surface area (Å²) in [6.07, 6.45) is 0. The average molecular weight is 512 g/mol. The molecule has 2 aromatic carbocycles. The highest BCUT2D eigenvalue weighted by molar-refractivity contribution is 6.65. The van der Waals surface area contributed by atoms with E-state index in [4.69, 9.17) is 18.6 Å². The minimum atomic E-state index is -0.437. The van der Waals surface area contributed by atoms with Crippen LogP contribution in [-0.4, -0.2) is 46.6 Å². The molecule has 2 aromatic heterocycles. The van der Waals surface area contributed by atoms with Gasteiger partial charge >= 0.3 is 14.2 Å². The normalized spacial score (nSPS) is 21.7. The topological polar surface area (TPSA) is 68.5 Å². The van der Waals surface area contributed by atoms with Gasteiger partial charge in [-0.1, -0.05) is 36.4 Å². The van der Waals surface area contributed by atoms with Gasteiger partial charge in [0.15, 0.2) is 0 Å². The van der Waals surface area contributed by atoms with E-state index in [1.54, 1.807) is 0 Å². The van der Waals surface area contributed by atoms with Crippen molar-refractivity contribution in [1.29, 1.82) is 0 Å². The number of rotatable bonds is 3. The maximum Gasteiger partial charge on any atom is 0.497 e. The van der Waals surface area contributed by atoms with Crippen molar-refractivity contribution in [3.63, 3.8) is 0 Å². The van der Waals surface area contributed by atoms with Gasteiger partial charge in [0.1, 0.15) is 0 Å². The maximum atomic E-state index is 6.41. The molecule has 0 atom stereocenters. The van der Waals surface area contributed by atoms with Crippen molar-refractivity contribution in [3.05, 3.63) is 47.5 Å². The average Bonchev–Trinajstić information content (AvgIpc) is 3.46. The highest BCUT2D eigenvalue weighted by atomic mass is 16.7. The largest absolute Gasteiger partial charge is 0.497 e. The summed E-state index contributed by atoms with van der Waals surface area (Å²) >= 11 is 0. The molecule has 2 aliphatic heterocycles. The third-order valence-corrected chi connectivity index (χ3v) is 9.52. The van der Waals surface area contributed by atoms with Crippen LogP contribution in [0, 0.1) is 13.8 Å². The van der Waals surface area contributed by atoms with Crippen LogP contribution in [0.2, 0.25) is 0 Å². The Kier molecular flexibility index (Phi) is 5.43. The van der Waals surface area contributed by atoms with E-state index in [1.165, 1.54) is 11.1 Å². The van der Waals surface area contributed by atoms with Gasteiger partial charge in [-0.05, 0) is 80.4 Å². The van der Waals surface area contributed by atoms with Gasteiger partial charge in [0.05, 0.1) is 33.8 Å². The van der Waals surface area contributed by atoms with Gasteiger partial charge in [0.25, 0.3) is 0 Å². The van der Waals surface area contributed by atoms with Gasteiger partial charge in [-0.3, -0.25) is 0 Å². The first kappa shape index (κ1) is 25.8. The van der Waals surface area contributed by atoms with Crippen LogP contribution in [0.25, 0.3) is 33.2 Å². The molecule has 2 saturated heterocycles. The second-order valence-corrected chi connectivity index (χ2v) is 13.0. The molecule has 0 radical (unpaired) electrons. The van der Waals surface area contributed by atoms with Crippen molar-refractivity contribution in [2.45, 2.75) is 91.6 Å². The molecule has 6 rings (SSSR count). The van der Waals surface area contributed by atoms with E-state index in [9.17, 15) is 0 Å². The highest BCUT2D eigenvalue weighted by Crippen LogP contribution is 2.40. The van der Waals surface area contributed by atoms with Crippen LogP contribution >= 0.6 is 0 Å². The number of nitrogens with one attached hydrogen (secondary N) is 2. The van der Waals surface area contributed by atoms with Crippen LogP contribution in [0.15, 0.2) is 36.4 Å². The minimum Gasteiger partial charge on any atom is -0.399 e. The summed E-state index contributed by atoms with van der Waals surface area (Å²) in [7, 11) is -0.873. The molecule has 0 amide bonds.